The zero-order valence-corrected chi connectivity index (χ0v) is 10.5. The Morgan fingerprint density at radius 3 is 2.25 bits per heavy atom. The molecule has 1 aromatic carbocycles. The first-order chi connectivity index (χ1) is 7.44. The lowest BCUT2D eigenvalue weighted by Crippen LogP contribution is -2.30. The quantitative estimate of drug-likeness (QED) is 0.802. The highest BCUT2D eigenvalue weighted by Crippen LogP contribution is 2.19. The third kappa shape index (κ3) is 3.95. The van der Waals surface area contributed by atoms with Crippen LogP contribution in [-0.2, 0) is 6.42 Å². The highest BCUT2D eigenvalue weighted by molar-refractivity contribution is 5.25. The van der Waals surface area contributed by atoms with Gasteiger partial charge in [-0.1, -0.05) is 38.1 Å². The summed E-state index contributed by atoms with van der Waals surface area (Å²) in [5.41, 5.74) is 7.29. The predicted molar refractivity (Wildman–Crippen MR) is 68.5 cm³/mol. The van der Waals surface area contributed by atoms with Gasteiger partial charge in [-0.2, -0.15) is 0 Å². The van der Waals surface area contributed by atoms with Crippen LogP contribution in [0.3, 0.4) is 0 Å². The molecule has 0 aliphatic heterocycles. The van der Waals surface area contributed by atoms with Gasteiger partial charge in [-0.05, 0) is 36.9 Å². The van der Waals surface area contributed by atoms with E-state index in [0.29, 0.717) is 25.3 Å². The average molecular weight is 221 g/mol. The molecule has 1 rings (SSSR count). The van der Waals surface area contributed by atoms with Crippen LogP contribution < -0.4 is 5.73 Å². The lowest BCUT2D eigenvalue weighted by Gasteiger charge is -2.22. The van der Waals surface area contributed by atoms with E-state index in [9.17, 15) is 5.11 Å². The van der Waals surface area contributed by atoms with E-state index in [1.165, 1.54) is 11.1 Å². The van der Waals surface area contributed by atoms with Gasteiger partial charge in [-0.25, -0.2) is 0 Å². The molecule has 0 fully saturated rings. The predicted octanol–water partition coefficient (Wildman–Crippen LogP) is 2.45. The van der Waals surface area contributed by atoms with Gasteiger partial charge in [-0.15, -0.1) is 0 Å². The molecule has 1 aromatic rings. The third-order valence-corrected chi connectivity index (χ3v) is 2.91. The first-order valence-corrected chi connectivity index (χ1v) is 5.96. The van der Waals surface area contributed by atoms with Crippen molar-refractivity contribution in [1.82, 2.24) is 0 Å². The highest BCUT2D eigenvalue weighted by Gasteiger charge is 2.19. The summed E-state index contributed by atoms with van der Waals surface area (Å²) in [5, 5.41) is 10.1. The SMILES string of the molecule is CC(C)c1ccc(CC(C)(O)CCN)cc1. The maximum atomic E-state index is 10.1. The minimum absolute atomic E-state index is 0.525. The van der Waals surface area contributed by atoms with Crippen molar-refractivity contribution in [1.29, 1.82) is 0 Å². The summed E-state index contributed by atoms with van der Waals surface area (Å²) in [6, 6.07) is 8.47. The topological polar surface area (TPSA) is 46.2 Å². The van der Waals surface area contributed by atoms with Crippen molar-refractivity contribution in [3.8, 4) is 0 Å². The molecule has 2 heteroatoms. The maximum Gasteiger partial charge on any atom is 0.0671 e. The second-order valence-electron chi connectivity index (χ2n) is 5.11. The first kappa shape index (κ1) is 13.2. The lowest BCUT2D eigenvalue weighted by molar-refractivity contribution is 0.0539. The van der Waals surface area contributed by atoms with Crippen molar-refractivity contribution in [2.24, 2.45) is 5.73 Å². The van der Waals surface area contributed by atoms with E-state index in [0.717, 1.165) is 0 Å². The van der Waals surface area contributed by atoms with Crippen LogP contribution in [0.5, 0.6) is 0 Å². The summed E-state index contributed by atoms with van der Waals surface area (Å²) in [6.45, 7) is 6.73. The molecule has 0 heterocycles. The second kappa shape index (κ2) is 5.46. The van der Waals surface area contributed by atoms with Gasteiger partial charge in [0.1, 0.15) is 0 Å². The van der Waals surface area contributed by atoms with Crippen LogP contribution in [0.1, 0.15) is 44.2 Å². The van der Waals surface area contributed by atoms with Crippen molar-refractivity contribution in [3.63, 3.8) is 0 Å². The molecule has 90 valence electrons. The van der Waals surface area contributed by atoms with Gasteiger partial charge in [0.2, 0.25) is 0 Å². The Labute approximate surface area is 98.5 Å². The maximum absolute atomic E-state index is 10.1. The minimum atomic E-state index is -0.686. The normalized spacial score (nSPS) is 15.1. The summed E-state index contributed by atoms with van der Waals surface area (Å²) in [4.78, 5) is 0. The molecule has 0 aliphatic rings. The number of benzene rings is 1. The van der Waals surface area contributed by atoms with Crippen molar-refractivity contribution < 1.29 is 5.11 Å². The van der Waals surface area contributed by atoms with Crippen LogP contribution in [0.15, 0.2) is 24.3 Å². The van der Waals surface area contributed by atoms with Gasteiger partial charge in [0.15, 0.2) is 0 Å². The Hall–Kier alpha value is -0.860. The van der Waals surface area contributed by atoms with Crippen molar-refractivity contribution >= 4 is 0 Å². The Morgan fingerprint density at radius 2 is 1.81 bits per heavy atom. The van der Waals surface area contributed by atoms with Crippen LogP contribution in [0.25, 0.3) is 0 Å². The number of nitrogens with two attached hydrogens (primary N) is 1. The molecule has 0 spiro atoms. The van der Waals surface area contributed by atoms with Crippen molar-refractivity contribution in [3.05, 3.63) is 35.4 Å². The van der Waals surface area contributed by atoms with Crippen LogP contribution in [0.2, 0.25) is 0 Å². The summed E-state index contributed by atoms with van der Waals surface area (Å²) >= 11 is 0. The molecule has 0 amide bonds. The van der Waals surface area contributed by atoms with Crippen molar-refractivity contribution in [2.45, 2.75) is 45.1 Å². The summed E-state index contributed by atoms with van der Waals surface area (Å²) < 4.78 is 0. The Morgan fingerprint density at radius 1 is 1.25 bits per heavy atom. The number of hydrogen-bond acceptors (Lipinski definition) is 2. The van der Waals surface area contributed by atoms with E-state index in [1.807, 2.05) is 6.92 Å². The Kier molecular flexibility index (Phi) is 4.51. The second-order valence-corrected chi connectivity index (χ2v) is 5.11. The summed E-state index contributed by atoms with van der Waals surface area (Å²) in [7, 11) is 0. The molecule has 16 heavy (non-hydrogen) atoms. The minimum Gasteiger partial charge on any atom is -0.390 e. The number of rotatable bonds is 5. The van der Waals surface area contributed by atoms with E-state index >= 15 is 0 Å². The number of hydrogen-bond donors (Lipinski definition) is 2. The monoisotopic (exact) mass is 221 g/mol. The van der Waals surface area contributed by atoms with Gasteiger partial charge in [0, 0.05) is 6.42 Å². The molecule has 0 radical (unpaired) electrons. The van der Waals surface area contributed by atoms with Crippen LogP contribution in [0, 0.1) is 0 Å². The fourth-order valence-corrected chi connectivity index (χ4v) is 1.86. The van der Waals surface area contributed by atoms with E-state index < -0.39 is 5.60 Å². The van der Waals surface area contributed by atoms with E-state index in [1.54, 1.807) is 0 Å². The van der Waals surface area contributed by atoms with E-state index in [2.05, 4.69) is 38.1 Å². The molecular weight excluding hydrogens is 198 g/mol. The van der Waals surface area contributed by atoms with Gasteiger partial charge in [0.25, 0.3) is 0 Å². The van der Waals surface area contributed by atoms with E-state index in [-0.39, 0.29) is 0 Å². The molecule has 0 bridgehead atoms. The van der Waals surface area contributed by atoms with Gasteiger partial charge in [-0.3, -0.25) is 0 Å². The van der Waals surface area contributed by atoms with Crippen LogP contribution in [0.4, 0.5) is 0 Å². The van der Waals surface area contributed by atoms with Crippen LogP contribution in [-0.4, -0.2) is 17.3 Å². The smallest absolute Gasteiger partial charge is 0.0671 e. The average Bonchev–Trinajstić information content (AvgIpc) is 2.17. The van der Waals surface area contributed by atoms with E-state index in [4.69, 9.17) is 5.73 Å². The number of aliphatic hydroxyl groups is 1. The van der Waals surface area contributed by atoms with Crippen molar-refractivity contribution in [2.75, 3.05) is 6.54 Å². The molecule has 0 saturated carbocycles. The highest BCUT2D eigenvalue weighted by atomic mass is 16.3. The molecule has 1 unspecified atom stereocenters. The molecule has 0 aliphatic carbocycles. The summed E-state index contributed by atoms with van der Waals surface area (Å²) in [6.07, 6.45) is 1.31. The molecule has 0 aromatic heterocycles. The van der Waals surface area contributed by atoms with Gasteiger partial charge >= 0.3 is 0 Å². The largest absolute Gasteiger partial charge is 0.390 e. The standard InChI is InChI=1S/C14H23NO/c1-11(2)13-6-4-12(5-7-13)10-14(3,16)8-9-15/h4-7,11,16H,8-10,15H2,1-3H3. The van der Waals surface area contributed by atoms with Crippen LogP contribution >= 0.6 is 0 Å². The molecule has 2 nitrogen and oxygen atoms in total. The van der Waals surface area contributed by atoms with Gasteiger partial charge in [0.05, 0.1) is 5.60 Å². The fraction of sp³-hybridized carbons (Fsp3) is 0.571. The third-order valence-electron chi connectivity index (χ3n) is 2.91. The van der Waals surface area contributed by atoms with Gasteiger partial charge < -0.3 is 10.8 Å². The molecular formula is C14H23NO. The lowest BCUT2D eigenvalue weighted by atomic mass is 9.92. The first-order valence-electron chi connectivity index (χ1n) is 5.96. The molecule has 0 saturated heterocycles. The zero-order chi connectivity index (χ0) is 12.2. The Balaban J connectivity index is 2.68. The fourth-order valence-electron chi connectivity index (χ4n) is 1.86. The zero-order valence-electron chi connectivity index (χ0n) is 10.5. The Bertz CT molecular complexity index is 314. The summed E-state index contributed by atoms with van der Waals surface area (Å²) in [5.74, 6) is 0.554. The molecule has 3 N–H and O–H groups in total. The molecule has 1 atom stereocenters.